The SMILES string of the molecule is COc1ccc(/C=C/C(=O)c2cc(OC)c(OC)c(OC)c2)cc1OCCCN1CCN(CCCOc2cc(-c3nc4ccccc4s3)ccc2OC)CC1. The van der Waals surface area contributed by atoms with E-state index in [1.54, 1.807) is 43.8 Å². The van der Waals surface area contributed by atoms with Crippen molar-refractivity contribution in [1.82, 2.24) is 14.8 Å². The van der Waals surface area contributed by atoms with Crippen molar-refractivity contribution in [3.8, 4) is 50.8 Å². The second-order valence-electron chi connectivity index (χ2n) is 13.0. The number of benzene rings is 4. The van der Waals surface area contributed by atoms with Crippen molar-refractivity contribution >= 4 is 33.4 Å². The lowest BCUT2D eigenvalue weighted by Crippen LogP contribution is -2.47. The van der Waals surface area contributed by atoms with Crippen molar-refractivity contribution in [2.45, 2.75) is 12.8 Å². The molecule has 1 fully saturated rings. The summed E-state index contributed by atoms with van der Waals surface area (Å²) in [7, 11) is 7.86. The molecule has 1 aromatic heterocycles. The number of fused-ring (bicyclic) bond motifs is 1. The van der Waals surface area contributed by atoms with Gasteiger partial charge in [0.05, 0.1) is 59.0 Å². The van der Waals surface area contributed by atoms with Crippen LogP contribution in [0, 0.1) is 0 Å². The number of rotatable bonds is 19. The molecule has 1 aliphatic heterocycles. The quantitative estimate of drug-likeness (QED) is 0.0469. The number of piperazine rings is 1. The predicted octanol–water partition coefficient (Wildman–Crippen LogP) is 7.76. The summed E-state index contributed by atoms with van der Waals surface area (Å²) < 4.78 is 40.9. The Hall–Kier alpha value is -5.30. The average molecular weight is 768 g/mol. The molecule has 1 saturated heterocycles. The van der Waals surface area contributed by atoms with E-state index in [4.69, 9.17) is 38.1 Å². The summed E-state index contributed by atoms with van der Waals surface area (Å²) >= 11 is 1.68. The third-order valence-corrected chi connectivity index (χ3v) is 10.6. The molecule has 55 heavy (non-hydrogen) atoms. The van der Waals surface area contributed by atoms with Crippen LogP contribution in [0.5, 0.6) is 40.2 Å². The molecule has 0 aliphatic carbocycles. The van der Waals surface area contributed by atoms with E-state index in [9.17, 15) is 4.79 Å². The summed E-state index contributed by atoms with van der Waals surface area (Å²) in [5, 5.41) is 0.972. The van der Waals surface area contributed by atoms with Crippen molar-refractivity contribution in [2.75, 3.05) is 88.0 Å². The predicted molar refractivity (Wildman–Crippen MR) is 217 cm³/mol. The number of nitrogens with zero attached hydrogens (tertiary/aromatic N) is 3. The topological polar surface area (TPSA) is 101 Å². The third-order valence-electron chi connectivity index (χ3n) is 9.49. The van der Waals surface area contributed by atoms with Crippen LogP contribution in [0.4, 0.5) is 0 Å². The van der Waals surface area contributed by atoms with Crippen LogP contribution < -0.4 is 33.2 Å². The Labute approximate surface area is 326 Å². The van der Waals surface area contributed by atoms with Gasteiger partial charge in [-0.3, -0.25) is 4.79 Å². The molecule has 0 N–H and O–H groups in total. The van der Waals surface area contributed by atoms with Gasteiger partial charge in [-0.15, -0.1) is 11.3 Å². The molecular weight excluding hydrogens is 719 g/mol. The molecule has 0 radical (unpaired) electrons. The Morgan fingerprint density at radius 2 is 1.25 bits per heavy atom. The van der Waals surface area contributed by atoms with Crippen LogP contribution in [0.3, 0.4) is 0 Å². The minimum Gasteiger partial charge on any atom is -0.493 e. The van der Waals surface area contributed by atoms with E-state index < -0.39 is 0 Å². The van der Waals surface area contributed by atoms with E-state index in [1.807, 2.05) is 54.6 Å². The van der Waals surface area contributed by atoms with Gasteiger partial charge < -0.3 is 43.0 Å². The number of hydrogen-bond donors (Lipinski definition) is 0. The summed E-state index contributed by atoms with van der Waals surface area (Å²) in [5.74, 6) is 3.83. The Morgan fingerprint density at radius 1 is 0.673 bits per heavy atom. The lowest BCUT2D eigenvalue weighted by Gasteiger charge is -2.34. The van der Waals surface area contributed by atoms with Crippen molar-refractivity contribution < 1.29 is 38.0 Å². The van der Waals surface area contributed by atoms with Gasteiger partial charge in [0.25, 0.3) is 0 Å². The minimum atomic E-state index is -0.200. The van der Waals surface area contributed by atoms with Crippen LogP contribution in [-0.2, 0) is 0 Å². The Bertz CT molecular complexity index is 2020. The number of ether oxygens (including phenoxy) is 7. The summed E-state index contributed by atoms with van der Waals surface area (Å²) in [4.78, 5) is 22.8. The number of aromatic nitrogens is 1. The van der Waals surface area contributed by atoms with Crippen molar-refractivity contribution in [3.63, 3.8) is 0 Å². The largest absolute Gasteiger partial charge is 0.493 e. The first kappa shape index (κ1) is 39.4. The van der Waals surface area contributed by atoms with Crippen molar-refractivity contribution in [1.29, 1.82) is 0 Å². The molecule has 12 heteroatoms. The fourth-order valence-corrected chi connectivity index (χ4v) is 7.46. The summed E-state index contributed by atoms with van der Waals surface area (Å²) in [6.07, 6.45) is 5.08. The fraction of sp³-hybridized carbons (Fsp3) is 0.349. The first-order valence-corrected chi connectivity index (χ1v) is 19.2. The summed E-state index contributed by atoms with van der Waals surface area (Å²) in [6, 6.07) is 23.1. The number of thiazole rings is 1. The molecule has 1 aliphatic rings. The molecule has 0 spiro atoms. The maximum Gasteiger partial charge on any atom is 0.203 e. The molecule has 290 valence electrons. The van der Waals surface area contributed by atoms with Crippen LogP contribution in [0.2, 0.25) is 0 Å². The van der Waals surface area contributed by atoms with E-state index in [-0.39, 0.29) is 5.78 Å². The van der Waals surface area contributed by atoms with Crippen LogP contribution in [0.25, 0.3) is 26.9 Å². The maximum atomic E-state index is 13.0. The minimum absolute atomic E-state index is 0.200. The molecule has 2 heterocycles. The molecule has 0 bridgehead atoms. The molecule has 11 nitrogen and oxygen atoms in total. The normalized spacial score (nSPS) is 13.5. The number of ketones is 1. The van der Waals surface area contributed by atoms with E-state index in [1.165, 1.54) is 32.1 Å². The van der Waals surface area contributed by atoms with Gasteiger partial charge in [-0.2, -0.15) is 0 Å². The third kappa shape index (κ3) is 10.1. The van der Waals surface area contributed by atoms with Crippen LogP contribution in [0.1, 0.15) is 28.8 Å². The highest BCUT2D eigenvalue weighted by atomic mass is 32.1. The second-order valence-corrected chi connectivity index (χ2v) is 14.0. The molecule has 0 atom stereocenters. The number of carbonyl (C=O) groups excluding carboxylic acids is 1. The Kier molecular flexibility index (Phi) is 13.9. The van der Waals surface area contributed by atoms with Gasteiger partial charge in [0.2, 0.25) is 5.75 Å². The van der Waals surface area contributed by atoms with E-state index in [0.29, 0.717) is 47.5 Å². The Morgan fingerprint density at radius 3 is 1.84 bits per heavy atom. The van der Waals surface area contributed by atoms with Gasteiger partial charge in [-0.05, 0) is 79.1 Å². The molecule has 0 saturated carbocycles. The molecule has 6 rings (SSSR count). The molecule has 0 amide bonds. The highest BCUT2D eigenvalue weighted by Gasteiger charge is 2.18. The van der Waals surface area contributed by atoms with Gasteiger partial charge in [0.15, 0.2) is 40.3 Å². The number of carbonyl (C=O) groups is 1. The standard InChI is InChI=1S/C43H49N3O8S/c1-48-35-16-13-30(12-15-34(47)32-28-39(50-3)42(52-5)40(29-32)51-4)26-37(35)53-24-8-18-45-20-22-46(23-21-45)19-9-25-54-38-27-31(14-17-36(38)49-2)43-44-33-10-6-7-11-41(33)55-43/h6-7,10-17,26-29H,8-9,18-25H2,1-5H3/b15-12+. The molecule has 4 aromatic carbocycles. The molecular formula is C43H49N3O8S. The van der Waals surface area contributed by atoms with Crippen LogP contribution >= 0.6 is 11.3 Å². The smallest absolute Gasteiger partial charge is 0.203 e. The van der Waals surface area contributed by atoms with E-state index in [2.05, 4.69) is 15.9 Å². The first-order valence-electron chi connectivity index (χ1n) is 18.4. The zero-order valence-corrected chi connectivity index (χ0v) is 33.0. The van der Waals surface area contributed by atoms with Gasteiger partial charge in [-0.1, -0.05) is 24.3 Å². The lowest BCUT2D eigenvalue weighted by atomic mass is 10.1. The van der Waals surface area contributed by atoms with Gasteiger partial charge >= 0.3 is 0 Å². The highest BCUT2D eigenvalue weighted by Crippen LogP contribution is 2.39. The number of allylic oxidation sites excluding steroid dienone is 1. The number of methoxy groups -OCH3 is 5. The second kappa shape index (κ2) is 19.3. The van der Waals surface area contributed by atoms with Crippen LogP contribution in [0.15, 0.2) is 78.9 Å². The molecule has 0 unspecified atom stereocenters. The van der Waals surface area contributed by atoms with E-state index in [0.717, 1.165) is 85.3 Å². The van der Waals surface area contributed by atoms with Gasteiger partial charge in [0.1, 0.15) is 5.01 Å². The van der Waals surface area contributed by atoms with Crippen LogP contribution in [-0.4, -0.2) is 109 Å². The van der Waals surface area contributed by atoms with Gasteiger partial charge in [-0.25, -0.2) is 4.98 Å². The molecule has 5 aromatic rings. The van der Waals surface area contributed by atoms with Crippen molar-refractivity contribution in [2.24, 2.45) is 0 Å². The van der Waals surface area contributed by atoms with Gasteiger partial charge in [0, 0.05) is 50.4 Å². The van der Waals surface area contributed by atoms with E-state index >= 15 is 0 Å². The number of para-hydroxylation sites is 1. The zero-order valence-electron chi connectivity index (χ0n) is 32.2. The number of hydrogen-bond acceptors (Lipinski definition) is 12. The maximum absolute atomic E-state index is 13.0. The highest BCUT2D eigenvalue weighted by molar-refractivity contribution is 7.21. The zero-order chi connectivity index (χ0) is 38.6. The summed E-state index contributed by atoms with van der Waals surface area (Å²) in [5.41, 5.74) is 3.27. The lowest BCUT2D eigenvalue weighted by molar-refractivity contribution is 0.104. The first-order chi connectivity index (χ1) is 26.9. The Balaban J connectivity index is 0.919. The summed E-state index contributed by atoms with van der Waals surface area (Å²) in [6.45, 7) is 7.17. The fourth-order valence-electron chi connectivity index (χ4n) is 6.50. The monoisotopic (exact) mass is 767 g/mol. The average Bonchev–Trinajstić information content (AvgIpc) is 3.67. The van der Waals surface area contributed by atoms with Crippen molar-refractivity contribution in [3.05, 3.63) is 90.0 Å².